The number of aliphatic hydroxyl groups excluding tert-OH is 1. The maximum absolute atomic E-state index is 10.4. The zero-order chi connectivity index (χ0) is 13.0. The molecule has 2 nitrogen and oxygen atoms in total. The monoisotopic (exact) mass is 247 g/mol. The Kier molecular flexibility index (Phi) is 4.79. The highest BCUT2D eigenvalue weighted by Crippen LogP contribution is 2.24. The molecule has 100 valence electrons. The first kappa shape index (κ1) is 13.6. The summed E-state index contributed by atoms with van der Waals surface area (Å²) in [6, 6.07) is 8.80. The zero-order valence-corrected chi connectivity index (χ0v) is 11.6. The predicted octanol–water partition coefficient (Wildman–Crippen LogP) is 3.29. The Labute approximate surface area is 111 Å². The molecule has 1 atom stereocenters. The van der Waals surface area contributed by atoms with Crippen molar-refractivity contribution in [1.82, 2.24) is 4.90 Å². The SMILES string of the molecule is Cc1ccccc1C(O)CN(C)C1CCCCC1. The van der Waals surface area contributed by atoms with E-state index in [2.05, 4.69) is 24.9 Å². The smallest absolute Gasteiger partial charge is 0.0919 e. The normalized spacial score (nSPS) is 19.1. The summed E-state index contributed by atoms with van der Waals surface area (Å²) < 4.78 is 0. The van der Waals surface area contributed by atoms with Gasteiger partial charge in [0.25, 0.3) is 0 Å². The van der Waals surface area contributed by atoms with Crippen molar-refractivity contribution in [2.24, 2.45) is 0 Å². The van der Waals surface area contributed by atoms with Gasteiger partial charge in [0, 0.05) is 12.6 Å². The molecule has 1 unspecified atom stereocenters. The average Bonchev–Trinajstić information content (AvgIpc) is 2.40. The topological polar surface area (TPSA) is 23.5 Å². The summed E-state index contributed by atoms with van der Waals surface area (Å²) in [6.07, 6.45) is 6.28. The second-order valence-electron chi connectivity index (χ2n) is 5.60. The molecule has 2 rings (SSSR count). The molecule has 1 aromatic rings. The molecule has 0 heterocycles. The summed E-state index contributed by atoms with van der Waals surface area (Å²) in [7, 11) is 2.15. The molecule has 0 saturated heterocycles. The lowest BCUT2D eigenvalue weighted by atomic mass is 9.94. The zero-order valence-electron chi connectivity index (χ0n) is 11.6. The van der Waals surface area contributed by atoms with Gasteiger partial charge in [0.15, 0.2) is 0 Å². The van der Waals surface area contributed by atoms with Crippen LogP contribution in [0.3, 0.4) is 0 Å². The van der Waals surface area contributed by atoms with E-state index in [1.54, 1.807) is 0 Å². The summed E-state index contributed by atoms with van der Waals surface area (Å²) in [5, 5.41) is 10.4. The highest BCUT2D eigenvalue weighted by atomic mass is 16.3. The lowest BCUT2D eigenvalue weighted by Crippen LogP contribution is -2.36. The van der Waals surface area contributed by atoms with Crippen LogP contribution < -0.4 is 0 Å². The molecule has 0 radical (unpaired) electrons. The van der Waals surface area contributed by atoms with E-state index in [9.17, 15) is 5.11 Å². The minimum atomic E-state index is -0.363. The van der Waals surface area contributed by atoms with Gasteiger partial charge in [-0.25, -0.2) is 0 Å². The van der Waals surface area contributed by atoms with Crippen molar-refractivity contribution >= 4 is 0 Å². The van der Waals surface area contributed by atoms with E-state index in [1.807, 2.05) is 18.2 Å². The van der Waals surface area contributed by atoms with Gasteiger partial charge in [0.2, 0.25) is 0 Å². The van der Waals surface area contributed by atoms with E-state index in [0.29, 0.717) is 6.04 Å². The molecular weight excluding hydrogens is 222 g/mol. The van der Waals surface area contributed by atoms with Crippen LogP contribution in [0.1, 0.15) is 49.3 Å². The Morgan fingerprint density at radius 3 is 2.56 bits per heavy atom. The fourth-order valence-corrected chi connectivity index (χ4v) is 3.00. The van der Waals surface area contributed by atoms with Gasteiger partial charge in [0.1, 0.15) is 0 Å². The molecule has 1 N–H and O–H groups in total. The Hall–Kier alpha value is -0.860. The van der Waals surface area contributed by atoms with Crippen molar-refractivity contribution in [1.29, 1.82) is 0 Å². The molecule has 0 aliphatic heterocycles. The number of benzene rings is 1. The first-order chi connectivity index (χ1) is 8.68. The third kappa shape index (κ3) is 3.33. The maximum Gasteiger partial charge on any atom is 0.0919 e. The van der Waals surface area contributed by atoms with Gasteiger partial charge >= 0.3 is 0 Å². The third-order valence-corrected chi connectivity index (χ3v) is 4.21. The maximum atomic E-state index is 10.4. The van der Waals surface area contributed by atoms with Crippen LogP contribution in [0, 0.1) is 6.92 Å². The van der Waals surface area contributed by atoms with Gasteiger partial charge in [0.05, 0.1) is 6.10 Å². The number of aliphatic hydroxyl groups is 1. The van der Waals surface area contributed by atoms with Gasteiger partial charge in [-0.2, -0.15) is 0 Å². The van der Waals surface area contributed by atoms with Crippen molar-refractivity contribution < 1.29 is 5.11 Å². The standard InChI is InChI=1S/C16H25NO/c1-13-8-6-7-11-15(13)16(18)12-17(2)14-9-4-3-5-10-14/h6-8,11,14,16,18H,3-5,9-10,12H2,1-2H3. The molecule has 2 heteroatoms. The van der Waals surface area contributed by atoms with Crippen LogP contribution in [0.4, 0.5) is 0 Å². The van der Waals surface area contributed by atoms with Crippen LogP contribution >= 0.6 is 0 Å². The van der Waals surface area contributed by atoms with Gasteiger partial charge in [-0.15, -0.1) is 0 Å². The van der Waals surface area contributed by atoms with E-state index in [-0.39, 0.29) is 6.10 Å². The predicted molar refractivity (Wildman–Crippen MR) is 75.6 cm³/mol. The quantitative estimate of drug-likeness (QED) is 0.882. The number of likely N-dealkylation sites (N-methyl/N-ethyl adjacent to an activating group) is 1. The van der Waals surface area contributed by atoms with E-state index >= 15 is 0 Å². The molecule has 1 aliphatic carbocycles. The molecule has 0 amide bonds. The molecule has 1 saturated carbocycles. The Morgan fingerprint density at radius 1 is 1.22 bits per heavy atom. The molecule has 1 aromatic carbocycles. The molecule has 18 heavy (non-hydrogen) atoms. The molecule has 0 spiro atoms. The summed E-state index contributed by atoms with van der Waals surface area (Å²) in [5.41, 5.74) is 2.25. The first-order valence-corrected chi connectivity index (χ1v) is 7.12. The van der Waals surface area contributed by atoms with Crippen LogP contribution in [0.5, 0.6) is 0 Å². The van der Waals surface area contributed by atoms with E-state index in [0.717, 1.165) is 12.1 Å². The van der Waals surface area contributed by atoms with Gasteiger partial charge in [-0.1, -0.05) is 43.5 Å². The summed E-state index contributed by atoms with van der Waals surface area (Å²) in [6.45, 7) is 2.81. The van der Waals surface area contributed by atoms with Crippen molar-refractivity contribution in [2.45, 2.75) is 51.2 Å². The lowest BCUT2D eigenvalue weighted by Gasteiger charge is -2.32. The first-order valence-electron chi connectivity index (χ1n) is 7.12. The van der Waals surface area contributed by atoms with Crippen LogP contribution in [0.2, 0.25) is 0 Å². The van der Waals surface area contributed by atoms with Crippen LogP contribution in [0.25, 0.3) is 0 Å². The molecule has 1 aliphatic rings. The number of nitrogens with zero attached hydrogens (tertiary/aromatic N) is 1. The molecular formula is C16H25NO. The van der Waals surface area contributed by atoms with Gasteiger partial charge in [-0.05, 0) is 37.9 Å². The molecule has 1 fully saturated rings. The summed E-state index contributed by atoms with van der Waals surface area (Å²) in [5.74, 6) is 0. The summed E-state index contributed by atoms with van der Waals surface area (Å²) >= 11 is 0. The van der Waals surface area contributed by atoms with Crippen LogP contribution in [-0.4, -0.2) is 29.6 Å². The second kappa shape index (κ2) is 6.35. The van der Waals surface area contributed by atoms with Gasteiger partial charge in [-0.3, -0.25) is 0 Å². The second-order valence-corrected chi connectivity index (χ2v) is 5.60. The number of hydrogen-bond acceptors (Lipinski definition) is 2. The fraction of sp³-hybridized carbons (Fsp3) is 0.625. The highest BCUT2D eigenvalue weighted by Gasteiger charge is 2.21. The van der Waals surface area contributed by atoms with E-state index < -0.39 is 0 Å². The largest absolute Gasteiger partial charge is 0.387 e. The Balaban J connectivity index is 1.94. The number of rotatable bonds is 4. The highest BCUT2D eigenvalue weighted by molar-refractivity contribution is 5.27. The fourth-order valence-electron chi connectivity index (χ4n) is 3.00. The van der Waals surface area contributed by atoms with Crippen LogP contribution in [-0.2, 0) is 0 Å². The van der Waals surface area contributed by atoms with Crippen molar-refractivity contribution in [3.05, 3.63) is 35.4 Å². The van der Waals surface area contributed by atoms with Crippen LogP contribution in [0.15, 0.2) is 24.3 Å². The van der Waals surface area contributed by atoms with Crippen molar-refractivity contribution in [2.75, 3.05) is 13.6 Å². The Bertz CT molecular complexity index is 371. The third-order valence-electron chi connectivity index (χ3n) is 4.21. The van der Waals surface area contributed by atoms with E-state index in [1.165, 1.54) is 37.7 Å². The minimum Gasteiger partial charge on any atom is -0.387 e. The lowest BCUT2D eigenvalue weighted by molar-refractivity contribution is 0.0910. The molecule has 0 bridgehead atoms. The molecule has 0 aromatic heterocycles. The average molecular weight is 247 g/mol. The van der Waals surface area contributed by atoms with Gasteiger partial charge < -0.3 is 10.0 Å². The summed E-state index contributed by atoms with van der Waals surface area (Å²) in [4.78, 5) is 2.34. The van der Waals surface area contributed by atoms with Crippen molar-refractivity contribution in [3.63, 3.8) is 0 Å². The number of hydrogen-bond donors (Lipinski definition) is 1. The van der Waals surface area contributed by atoms with Crippen molar-refractivity contribution in [3.8, 4) is 0 Å². The Morgan fingerprint density at radius 2 is 1.89 bits per heavy atom. The number of aryl methyl sites for hydroxylation is 1. The minimum absolute atomic E-state index is 0.363. The van der Waals surface area contributed by atoms with E-state index in [4.69, 9.17) is 0 Å².